The molecule has 0 amide bonds. The SMILES string of the molecule is NC1(CCN2CCC3CCCCC32)CCCC1. The molecule has 98 valence electrons. The molecular weight excluding hydrogens is 208 g/mol. The highest BCUT2D eigenvalue weighted by Crippen LogP contribution is 2.37. The van der Waals surface area contributed by atoms with E-state index in [0.717, 1.165) is 12.0 Å². The molecule has 1 heterocycles. The quantitative estimate of drug-likeness (QED) is 0.816. The van der Waals surface area contributed by atoms with Crippen LogP contribution in [0.1, 0.15) is 64.2 Å². The average Bonchev–Trinajstić information content (AvgIpc) is 2.94. The lowest BCUT2D eigenvalue weighted by Gasteiger charge is -2.34. The summed E-state index contributed by atoms with van der Waals surface area (Å²) in [6, 6.07) is 0.925. The molecule has 1 aliphatic heterocycles. The Morgan fingerprint density at radius 1 is 1.00 bits per heavy atom. The first-order valence-electron chi connectivity index (χ1n) is 7.80. The van der Waals surface area contributed by atoms with Gasteiger partial charge in [-0.1, -0.05) is 25.7 Å². The molecule has 2 atom stereocenters. The van der Waals surface area contributed by atoms with Crippen LogP contribution in [0.2, 0.25) is 0 Å². The summed E-state index contributed by atoms with van der Waals surface area (Å²) in [5, 5.41) is 0. The van der Waals surface area contributed by atoms with E-state index in [1.54, 1.807) is 0 Å². The summed E-state index contributed by atoms with van der Waals surface area (Å²) in [5.74, 6) is 1.03. The van der Waals surface area contributed by atoms with E-state index < -0.39 is 0 Å². The third kappa shape index (κ3) is 2.53. The van der Waals surface area contributed by atoms with Crippen LogP contribution >= 0.6 is 0 Å². The predicted molar refractivity (Wildman–Crippen MR) is 71.9 cm³/mol. The molecule has 3 rings (SSSR count). The van der Waals surface area contributed by atoms with Crippen LogP contribution in [-0.2, 0) is 0 Å². The molecule has 0 spiro atoms. The van der Waals surface area contributed by atoms with Crippen molar-refractivity contribution in [2.24, 2.45) is 11.7 Å². The third-order valence-corrected chi connectivity index (χ3v) is 5.62. The topological polar surface area (TPSA) is 29.3 Å². The molecule has 1 saturated heterocycles. The van der Waals surface area contributed by atoms with Crippen molar-refractivity contribution < 1.29 is 0 Å². The summed E-state index contributed by atoms with van der Waals surface area (Å²) in [7, 11) is 0. The van der Waals surface area contributed by atoms with Crippen LogP contribution in [0, 0.1) is 5.92 Å². The van der Waals surface area contributed by atoms with E-state index in [4.69, 9.17) is 5.73 Å². The summed E-state index contributed by atoms with van der Waals surface area (Å²) < 4.78 is 0. The summed E-state index contributed by atoms with van der Waals surface area (Å²) in [4.78, 5) is 2.77. The molecule has 3 fully saturated rings. The van der Waals surface area contributed by atoms with Gasteiger partial charge in [0.25, 0.3) is 0 Å². The largest absolute Gasteiger partial charge is 0.325 e. The van der Waals surface area contributed by atoms with Crippen molar-refractivity contribution in [3.63, 3.8) is 0 Å². The maximum Gasteiger partial charge on any atom is 0.0166 e. The lowest BCUT2D eigenvalue weighted by Crippen LogP contribution is -2.43. The van der Waals surface area contributed by atoms with Crippen molar-refractivity contribution in [1.29, 1.82) is 0 Å². The van der Waals surface area contributed by atoms with E-state index in [-0.39, 0.29) is 5.54 Å². The van der Waals surface area contributed by atoms with Crippen molar-refractivity contribution in [2.75, 3.05) is 13.1 Å². The average molecular weight is 236 g/mol. The highest BCUT2D eigenvalue weighted by molar-refractivity contribution is 4.94. The van der Waals surface area contributed by atoms with Crippen molar-refractivity contribution >= 4 is 0 Å². The minimum atomic E-state index is 0.201. The zero-order valence-electron chi connectivity index (χ0n) is 11.2. The summed E-state index contributed by atoms with van der Waals surface area (Å²) >= 11 is 0. The summed E-state index contributed by atoms with van der Waals surface area (Å²) in [6.07, 6.45) is 13.9. The summed E-state index contributed by atoms with van der Waals surface area (Å²) in [5.41, 5.74) is 6.68. The van der Waals surface area contributed by atoms with Gasteiger partial charge >= 0.3 is 0 Å². The molecule has 2 heteroatoms. The molecule has 2 N–H and O–H groups in total. The van der Waals surface area contributed by atoms with Gasteiger partial charge in [0.15, 0.2) is 0 Å². The first-order chi connectivity index (χ1) is 8.27. The molecule has 0 bridgehead atoms. The fourth-order valence-electron chi connectivity index (χ4n) is 4.48. The van der Waals surface area contributed by atoms with E-state index in [9.17, 15) is 0 Å². The normalized spacial score (nSPS) is 37.2. The Balaban J connectivity index is 1.51. The van der Waals surface area contributed by atoms with Crippen molar-refractivity contribution in [2.45, 2.75) is 75.8 Å². The maximum absolute atomic E-state index is 6.48. The van der Waals surface area contributed by atoms with E-state index in [0.29, 0.717) is 0 Å². The Hall–Kier alpha value is -0.0800. The molecule has 2 aliphatic carbocycles. The highest BCUT2D eigenvalue weighted by atomic mass is 15.2. The molecule has 2 saturated carbocycles. The van der Waals surface area contributed by atoms with Gasteiger partial charge in [0, 0.05) is 18.1 Å². The van der Waals surface area contributed by atoms with Gasteiger partial charge in [-0.3, -0.25) is 0 Å². The second kappa shape index (κ2) is 4.89. The van der Waals surface area contributed by atoms with Crippen LogP contribution in [0.15, 0.2) is 0 Å². The lowest BCUT2D eigenvalue weighted by molar-refractivity contribution is 0.168. The van der Waals surface area contributed by atoms with Gasteiger partial charge in [-0.25, -0.2) is 0 Å². The van der Waals surface area contributed by atoms with E-state index >= 15 is 0 Å². The molecule has 3 aliphatic rings. The minimum absolute atomic E-state index is 0.201. The fourth-order valence-corrected chi connectivity index (χ4v) is 4.48. The number of rotatable bonds is 3. The van der Waals surface area contributed by atoms with Crippen molar-refractivity contribution in [3.8, 4) is 0 Å². The van der Waals surface area contributed by atoms with Crippen LogP contribution in [-0.4, -0.2) is 29.6 Å². The molecule has 17 heavy (non-hydrogen) atoms. The first kappa shape index (κ1) is 12.0. The molecule has 0 aromatic carbocycles. The third-order valence-electron chi connectivity index (χ3n) is 5.62. The fraction of sp³-hybridized carbons (Fsp3) is 1.00. The highest BCUT2D eigenvalue weighted by Gasteiger charge is 2.37. The van der Waals surface area contributed by atoms with E-state index in [1.165, 1.54) is 77.3 Å². The van der Waals surface area contributed by atoms with Gasteiger partial charge in [0.2, 0.25) is 0 Å². The molecule has 2 unspecified atom stereocenters. The second-order valence-corrected chi connectivity index (χ2v) is 6.76. The number of nitrogens with two attached hydrogens (primary N) is 1. The van der Waals surface area contributed by atoms with Gasteiger partial charge in [-0.15, -0.1) is 0 Å². The first-order valence-corrected chi connectivity index (χ1v) is 7.80. The lowest BCUT2D eigenvalue weighted by atomic mass is 9.85. The van der Waals surface area contributed by atoms with Gasteiger partial charge in [-0.2, -0.15) is 0 Å². The molecule has 2 nitrogen and oxygen atoms in total. The number of hydrogen-bond acceptors (Lipinski definition) is 2. The van der Waals surface area contributed by atoms with E-state index in [2.05, 4.69) is 4.90 Å². The number of nitrogens with zero attached hydrogens (tertiary/aromatic N) is 1. The van der Waals surface area contributed by atoms with Crippen LogP contribution < -0.4 is 5.73 Å². The zero-order valence-corrected chi connectivity index (χ0v) is 11.2. The van der Waals surface area contributed by atoms with Crippen LogP contribution in [0.25, 0.3) is 0 Å². The van der Waals surface area contributed by atoms with Crippen molar-refractivity contribution in [3.05, 3.63) is 0 Å². The van der Waals surface area contributed by atoms with Crippen LogP contribution in [0.3, 0.4) is 0 Å². The maximum atomic E-state index is 6.48. The number of hydrogen-bond donors (Lipinski definition) is 1. The van der Waals surface area contributed by atoms with Gasteiger partial charge in [-0.05, 0) is 51.0 Å². The van der Waals surface area contributed by atoms with Crippen molar-refractivity contribution in [1.82, 2.24) is 4.90 Å². The smallest absolute Gasteiger partial charge is 0.0166 e. The van der Waals surface area contributed by atoms with Gasteiger partial charge in [0.05, 0.1) is 0 Å². The Morgan fingerprint density at radius 3 is 2.59 bits per heavy atom. The number of fused-ring (bicyclic) bond motifs is 1. The molecular formula is C15H28N2. The van der Waals surface area contributed by atoms with Gasteiger partial charge in [0.1, 0.15) is 0 Å². The monoisotopic (exact) mass is 236 g/mol. The molecule has 0 aromatic rings. The standard InChI is InChI=1S/C15H28N2/c16-15(8-3-4-9-15)10-12-17-11-7-13-5-1-2-6-14(13)17/h13-14H,1-12,16H2. The zero-order chi connectivity index (χ0) is 11.7. The molecule has 0 aromatic heterocycles. The number of likely N-dealkylation sites (tertiary alicyclic amines) is 1. The van der Waals surface area contributed by atoms with Gasteiger partial charge < -0.3 is 10.6 Å². The minimum Gasteiger partial charge on any atom is -0.325 e. The Labute approximate surface area is 106 Å². The Kier molecular flexibility index (Phi) is 3.45. The van der Waals surface area contributed by atoms with E-state index in [1.807, 2.05) is 0 Å². The Morgan fingerprint density at radius 2 is 1.76 bits per heavy atom. The summed E-state index contributed by atoms with van der Waals surface area (Å²) in [6.45, 7) is 2.63. The molecule has 0 radical (unpaired) electrons. The van der Waals surface area contributed by atoms with Crippen LogP contribution in [0.5, 0.6) is 0 Å². The second-order valence-electron chi connectivity index (χ2n) is 6.76. The van der Waals surface area contributed by atoms with Crippen LogP contribution in [0.4, 0.5) is 0 Å². The Bertz CT molecular complexity index is 258. The predicted octanol–water partition coefficient (Wildman–Crippen LogP) is 2.91.